The highest BCUT2D eigenvalue weighted by atomic mass is 19.1. The minimum atomic E-state index is -0.620. The summed E-state index contributed by atoms with van der Waals surface area (Å²) >= 11 is 0. The highest BCUT2D eigenvalue weighted by Gasteiger charge is 2.40. The standard InChI is InChI=1S/C19H19FN2O3/c1-25-14-8-6-13(7-9-14)10-11-21-16-12-18(23)22(19(16)24)17-5-3-2-4-15(17)20/h2-9,16,21H,10-12H2,1H3/t16-/m0/s1. The number of halogens is 1. The van der Waals surface area contributed by atoms with Crippen LogP contribution in [0, 0.1) is 5.82 Å². The smallest absolute Gasteiger partial charge is 0.251 e. The Bertz CT molecular complexity index is 776. The van der Waals surface area contributed by atoms with Crippen LogP contribution in [0.25, 0.3) is 0 Å². The molecular weight excluding hydrogens is 323 g/mol. The molecule has 0 unspecified atom stereocenters. The van der Waals surface area contributed by atoms with Gasteiger partial charge in [-0.2, -0.15) is 0 Å². The Morgan fingerprint density at radius 2 is 1.88 bits per heavy atom. The number of nitrogens with zero attached hydrogens (tertiary/aromatic N) is 1. The van der Waals surface area contributed by atoms with Crippen LogP contribution in [-0.2, 0) is 16.0 Å². The van der Waals surface area contributed by atoms with E-state index in [9.17, 15) is 14.0 Å². The summed E-state index contributed by atoms with van der Waals surface area (Å²) in [5.74, 6) is -0.598. The fourth-order valence-electron chi connectivity index (χ4n) is 2.86. The lowest BCUT2D eigenvalue weighted by molar-refractivity contribution is -0.121. The quantitative estimate of drug-likeness (QED) is 0.819. The van der Waals surface area contributed by atoms with Crippen molar-refractivity contribution < 1.29 is 18.7 Å². The van der Waals surface area contributed by atoms with Crippen LogP contribution in [0.1, 0.15) is 12.0 Å². The van der Waals surface area contributed by atoms with Gasteiger partial charge >= 0.3 is 0 Å². The van der Waals surface area contributed by atoms with E-state index in [0.717, 1.165) is 16.2 Å². The van der Waals surface area contributed by atoms with Gasteiger partial charge in [0.25, 0.3) is 5.91 Å². The fourth-order valence-corrected chi connectivity index (χ4v) is 2.86. The Hall–Kier alpha value is -2.73. The molecule has 1 N–H and O–H groups in total. The number of imide groups is 1. The summed E-state index contributed by atoms with van der Waals surface area (Å²) in [6.07, 6.45) is 0.747. The number of anilines is 1. The van der Waals surface area contributed by atoms with Gasteiger partial charge in [0.1, 0.15) is 11.6 Å². The van der Waals surface area contributed by atoms with Crippen LogP contribution < -0.4 is 15.0 Å². The number of carbonyl (C=O) groups excluding carboxylic acids is 2. The summed E-state index contributed by atoms with van der Waals surface area (Å²) in [6, 6.07) is 12.8. The molecule has 2 aromatic carbocycles. The van der Waals surface area contributed by atoms with Crippen molar-refractivity contribution in [3.63, 3.8) is 0 Å². The number of para-hydroxylation sites is 1. The third kappa shape index (κ3) is 3.69. The van der Waals surface area contributed by atoms with E-state index in [2.05, 4.69) is 5.32 Å². The molecule has 1 aliphatic rings. The number of hydrogen-bond acceptors (Lipinski definition) is 4. The number of benzene rings is 2. The first kappa shape index (κ1) is 17.1. The monoisotopic (exact) mass is 342 g/mol. The molecule has 1 atom stereocenters. The van der Waals surface area contributed by atoms with Crippen LogP contribution in [0.2, 0.25) is 0 Å². The molecule has 130 valence electrons. The zero-order chi connectivity index (χ0) is 17.8. The SMILES string of the molecule is COc1ccc(CCN[C@H]2CC(=O)N(c3ccccc3F)C2=O)cc1. The van der Waals surface area contributed by atoms with Crippen molar-refractivity contribution in [2.75, 3.05) is 18.6 Å². The number of methoxy groups -OCH3 is 1. The molecule has 1 aliphatic heterocycles. The van der Waals surface area contributed by atoms with E-state index in [4.69, 9.17) is 4.74 Å². The van der Waals surface area contributed by atoms with Crippen LogP contribution >= 0.6 is 0 Å². The second-order valence-corrected chi connectivity index (χ2v) is 5.83. The lowest BCUT2D eigenvalue weighted by Gasteiger charge is -2.16. The minimum absolute atomic E-state index is 0.0111. The van der Waals surface area contributed by atoms with Gasteiger partial charge in [0.15, 0.2) is 0 Å². The average molecular weight is 342 g/mol. The number of carbonyl (C=O) groups is 2. The molecule has 1 saturated heterocycles. The van der Waals surface area contributed by atoms with E-state index in [0.29, 0.717) is 13.0 Å². The summed E-state index contributed by atoms with van der Waals surface area (Å²) in [6.45, 7) is 0.543. The van der Waals surface area contributed by atoms with E-state index >= 15 is 0 Å². The second kappa shape index (κ2) is 7.44. The van der Waals surface area contributed by atoms with Gasteiger partial charge in [-0.3, -0.25) is 9.59 Å². The summed E-state index contributed by atoms with van der Waals surface area (Å²) in [5.41, 5.74) is 1.10. The number of nitrogens with one attached hydrogen (secondary N) is 1. The highest BCUT2D eigenvalue weighted by molar-refractivity contribution is 6.22. The predicted molar refractivity (Wildman–Crippen MR) is 92.0 cm³/mol. The summed E-state index contributed by atoms with van der Waals surface area (Å²) in [4.78, 5) is 25.5. The maximum absolute atomic E-state index is 13.9. The molecule has 0 aromatic heterocycles. The third-order valence-corrected chi connectivity index (χ3v) is 4.20. The van der Waals surface area contributed by atoms with E-state index in [1.807, 2.05) is 24.3 Å². The molecule has 25 heavy (non-hydrogen) atoms. The summed E-state index contributed by atoms with van der Waals surface area (Å²) in [7, 11) is 1.61. The van der Waals surface area contributed by atoms with Crippen molar-refractivity contribution in [1.29, 1.82) is 0 Å². The van der Waals surface area contributed by atoms with Crippen LogP contribution in [0.15, 0.2) is 48.5 Å². The summed E-state index contributed by atoms with van der Waals surface area (Å²) in [5, 5.41) is 3.09. The first-order chi connectivity index (χ1) is 12.1. The van der Waals surface area contributed by atoms with Crippen LogP contribution in [0.5, 0.6) is 5.75 Å². The van der Waals surface area contributed by atoms with Crippen molar-refractivity contribution in [2.45, 2.75) is 18.9 Å². The molecule has 0 saturated carbocycles. The molecule has 0 radical (unpaired) electrons. The average Bonchev–Trinajstić information content (AvgIpc) is 2.90. The minimum Gasteiger partial charge on any atom is -0.497 e. The zero-order valence-corrected chi connectivity index (χ0v) is 13.9. The van der Waals surface area contributed by atoms with Gasteiger partial charge in [0.05, 0.1) is 25.3 Å². The molecule has 6 heteroatoms. The number of amides is 2. The van der Waals surface area contributed by atoms with Crippen molar-refractivity contribution in [1.82, 2.24) is 5.32 Å². The van der Waals surface area contributed by atoms with Gasteiger partial charge in [-0.25, -0.2) is 9.29 Å². The van der Waals surface area contributed by atoms with Gasteiger partial charge in [-0.15, -0.1) is 0 Å². The lowest BCUT2D eigenvalue weighted by atomic mass is 10.1. The Labute approximate surface area is 145 Å². The lowest BCUT2D eigenvalue weighted by Crippen LogP contribution is -2.39. The van der Waals surface area contributed by atoms with Gasteiger partial charge in [-0.1, -0.05) is 24.3 Å². The largest absolute Gasteiger partial charge is 0.497 e. The van der Waals surface area contributed by atoms with E-state index < -0.39 is 23.7 Å². The highest BCUT2D eigenvalue weighted by Crippen LogP contribution is 2.25. The van der Waals surface area contributed by atoms with Crippen LogP contribution in [-0.4, -0.2) is 31.5 Å². The molecule has 0 spiro atoms. The molecule has 1 heterocycles. The van der Waals surface area contributed by atoms with E-state index in [1.54, 1.807) is 13.2 Å². The normalized spacial score (nSPS) is 17.2. The maximum Gasteiger partial charge on any atom is 0.251 e. The topological polar surface area (TPSA) is 58.6 Å². The number of hydrogen-bond donors (Lipinski definition) is 1. The first-order valence-electron chi connectivity index (χ1n) is 8.08. The van der Waals surface area contributed by atoms with Gasteiger partial charge in [-0.05, 0) is 42.8 Å². The number of ether oxygens (including phenoxy) is 1. The molecule has 2 aromatic rings. The molecule has 1 fully saturated rings. The second-order valence-electron chi connectivity index (χ2n) is 5.83. The molecule has 5 nitrogen and oxygen atoms in total. The van der Waals surface area contributed by atoms with Crippen molar-refractivity contribution in [3.8, 4) is 5.75 Å². The van der Waals surface area contributed by atoms with Gasteiger partial charge in [0, 0.05) is 0 Å². The van der Waals surface area contributed by atoms with Crippen LogP contribution in [0.3, 0.4) is 0 Å². The summed E-state index contributed by atoms with van der Waals surface area (Å²) < 4.78 is 19.0. The number of rotatable bonds is 6. The van der Waals surface area contributed by atoms with Crippen molar-refractivity contribution in [2.24, 2.45) is 0 Å². The Morgan fingerprint density at radius 3 is 2.56 bits per heavy atom. The molecule has 3 rings (SSSR count). The van der Waals surface area contributed by atoms with Crippen LogP contribution in [0.4, 0.5) is 10.1 Å². The van der Waals surface area contributed by atoms with Gasteiger partial charge in [0.2, 0.25) is 5.91 Å². The fraction of sp³-hybridized carbons (Fsp3) is 0.263. The van der Waals surface area contributed by atoms with E-state index in [1.165, 1.54) is 18.2 Å². The molecule has 2 amide bonds. The van der Waals surface area contributed by atoms with Crippen molar-refractivity contribution >= 4 is 17.5 Å². The Morgan fingerprint density at radius 1 is 1.16 bits per heavy atom. The van der Waals surface area contributed by atoms with Gasteiger partial charge < -0.3 is 10.1 Å². The van der Waals surface area contributed by atoms with Crippen molar-refractivity contribution in [3.05, 3.63) is 59.9 Å². The zero-order valence-electron chi connectivity index (χ0n) is 13.9. The molecular formula is C19H19FN2O3. The first-order valence-corrected chi connectivity index (χ1v) is 8.08. The molecule has 0 bridgehead atoms. The third-order valence-electron chi connectivity index (χ3n) is 4.20. The van der Waals surface area contributed by atoms with E-state index in [-0.39, 0.29) is 12.1 Å². The maximum atomic E-state index is 13.9. The molecule has 0 aliphatic carbocycles. The Kier molecular flexibility index (Phi) is 5.09. The predicted octanol–water partition coefficient (Wildman–Crippen LogP) is 2.30. The Balaban J connectivity index is 1.59.